The molecule has 3 rings (SSSR count). The van der Waals surface area contributed by atoms with E-state index in [0.29, 0.717) is 26.2 Å². The number of piperazine rings is 1. The quantitative estimate of drug-likeness (QED) is 0.824. The molecule has 0 radical (unpaired) electrons. The number of para-hydroxylation sites is 1. The highest BCUT2D eigenvalue weighted by Gasteiger charge is 2.23. The Balaban J connectivity index is 1.50. The zero-order valence-corrected chi connectivity index (χ0v) is 15.5. The van der Waals surface area contributed by atoms with E-state index >= 15 is 0 Å². The molecule has 0 bridgehead atoms. The summed E-state index contributed by atoms with van der Waals surface area (Å²) in [5.74, 6) is -0.717. The zero-order chi connectivity index (χ0) is 19.2. The van der Waals surface area contributed by atoms with Crippen molar-refractivity contribution in [3.05, 3.63) is 59.9 Å². The summed E-state index contributed by atoms with van der Waals surface area (Å²) in [4.78, 5) is 28.5. The van der Waals surface area contributed by atoms with Crippen LogP contribution in [0.4, 0.5) is 15.8 Å². The average Bonchev–Trinajstić information content (AvgIpc) is 2.69. The van der Waals surface area contributed by atoms with E-state index in [0.717, 1.165) is 23.4 Å². The highest BCUT2D eigenvalue weighted by Crippen LogP contribution is 2.18. The van der Waals surface area contributed by atoms with Gasteiger partial charge >= 0.3 is 0 Å². The van der Waals surface area contributed by atoms with Gasteiger partial charge in [-0.25, -0.2) is 4.39 Å². The minimum atomic E-state index is -0.290. The minimum Gasteiger partial charge on any atom is -0.368 e. The van der Waals surface area contributed by atoms with Crippen molar-refractivity contribution in [3.63, 3.8) is 0 Å². The van der Waals surface area contributed by atoms with E-state index in [1.165, 1.54) is 12.1 Å². The SMILES string of the molecule is CCc1ccccc1NC(=O)CC(=O)N1CCN(c2ccc(F)cc2)CC1. The Morgan fingerprint density at radius 3 is 2.33 bits per heavy atom. The van der Waals surface area contributed by atoms with Gasteiger partial charge in [-0.3, -0.25) is 9.59 Å². The third kappa shape index (κ3) is 4.84. The van der Waals surface area contributed by atoms with E-state index in [1.807, 2.05) is 31.2 Å². The summed E-state index contributed by atoms with van der Waals surface area (Å²) in [5, 5.41) is 2.84. The van der Waals surface area contributed by atoms with Crippen LogP contribution in [0, 0.1) is 5.82 Å². The maximum absolute atomic E-state index is 13.0. The van der Waals surface area contributed by atoms with Gasteiger partial charge in [-0.05, 0) is 42.3 Å². The topological polar surface area (TPSA) is 52.7 Å². The fourth-order valence-corrected chi connectivity index (χ4v) is 3.26. The van der Waals surface area contributed by atoms with Gasteiger partial charge in [0, 0.05) is 37.6 Å². The Morgan fingerprint density at radius 2 is 1.67 bits per heavy atom. The first-order valence-electron chi connectivity index (χ1n) is 9.23. The Labute approximate surface area is 158 Å². The molecule has 0 saturated carbocycles. The van der Waals surface area contributed by atoms with Crippen LogP contribution >= 0.6 is 0 Å². The number of halogens is 1. The number of nitrogens with one attached hydrogen (secondary N) is 1. The van der Waals surface area contributed by atoms with Crippen molar-refractivity contribution < 1.29 is 14.0 Å². The first-order chi connectivity index (χ1) is 13.1. The number of carbonyl (C=O) groups excluding carboxylic acids is 2. The Kier molecular flexibility index (Phi) is 6.06. The van der Waals surface area contributed by atoms with Gasteiger partial charge in [0.1, 0.15) is 12.2 Å². The predicted octanol–water partition coefficient (Wildman–Crippen LogP) is 3.07. The fourth-order valence-electron chi connectivity index (χ4n) is 3.26. The van der Waals surface area contributed by atoms with Gasteiger partial charge in [0.25, 0.3) is 0 Å². The lowest BCUT2D eigenvalue weighted by molar-refractivity contribution is -0.134. The van der Waals surface area contributed by atoms with E-state index in [2.05, 4.69) is 10.2 Å². The second-order valence-electron chi connectivity index (χ2n) is 6.58. The lowest BCUT2D eigenvalue weighted by atomic mass is 10.1. The molecule has 2 aromatic rings. The summed E-state index contributed by atoms with van der Waals surface area (Å²) < 4.78 is 13.0. The molecule has 2 amide bonds. The molecular weight excluding hydrogens is 345 g/mol. The van der Waals surface area contributed by atoms with Gasteiger partial charge in [-0.2, -0.15) is 0 Å². The van der Waals surface area contributed by atoms with Gasteiger partial charge in [-0.1, -0.05) is 25.1 Å². The van der Waals surface area contributed by atoms with Crippen molar-refractivity contribution in [3.8, 4) is 0 Å². The van der Waals surface area contributed by atoms with Gasteiger partial charge < -0.3 is 15.1 Å². The molecule has 27 heavy (non-hydrogen) atoms. The molecule has 0 unspecified atom stereocenters. The number of amides is 2. The number of hydrogen-bond donors (Lipinski definition) is 1. The molecule has 0 spiro atoms. The van der Waals surface area contributed by atoms with Crippen LogP contribution in [0.5, 0.6) is 0 Å². The smallest absolute Gasteiger partial charge is 0.233 e. The fraction of sp³-hybridized carbons (Fsp3) is 0.333. The van der Waals surface area contributed by atoms with Crippen LogP contribution in [0.2, 0.25) is 0 Å². The van der Waals surface area contributed by atoms with Crippen molar-refractivity contribution in [2.24, 2.45) is 0 Å². The van der Waals surface area contributed by atoms with E-state index in [9.17, 15) is 14.0 Å². The second-order valence-corrected chi connectivity index (χ2v) is 6.58. The summed E-state index contributed by atoms with van der Waals surface area (Å²) in [6, 6.07) is 14.0. The van der Waals surface area contributed by atoms with E-state index < -0.39 is 0 Å². The molecule has 0 aliphatic carbocycles. The summed E-state index contributed by atoms with van der Waals surface area (Å²) in [6.45, 7) is 4.45. The van der Waals surface area contributed by atoms with E-state index in [-0.39, 0.29) is 24.1 Å². The molecule has 1 heterocycles. The largest absolute Gasteiger partial charge is 0.368 e. The molecular formula is C21H24FN3O2. The molecule has 0 aromatic heterocycles. The number of nitrogens with zero attached hydrogens (tertiary/aromatic N) is 2. The van der Waals surface area contributed by atoms with Crippen LogP contribution < -0.4 is 10.2 Å². The minimum absolute atomic E-state index is 0.158. The average molecular weight is 369 g/mol. The summed E-state index contributed by atoms with van der Waals surface area (Å²) >= 11 is 0. The monoisotopic (exact) mass is 369 g/mol. The summed E-state index contributed by atoms with van der Waals surface area (Å²) in [6.07, 6.45) is 0.657. The molecule has 5 nitrogen and oxygen atoms in total. The van der Waals surface area contributed by atoms with Crippen LogP contribution in [0.25, 0.3) is 0 Å². The molecule has 0 atom stereocenters. The van der Waals surface area contributed by atoms with Crippen molar-refractivity contribution in [2.75, 3.05) is 36.4 Å². The number of anilines is 2. The van der Waals surface area contributed by atoms with Crippen molar-refractivity contribution in [2.45, 2.75) is 19.8 Å². The van der Waals surface area contributed by atoms with Crippen LogP contribution in [0.3, 0.4) is 0 Å². The summed E-state index contributed by atoms with van der Waals surface area (Å²) in [7, 11) is 0. The molecule has 1 fully saturated rings. The molecule has 1 aliphatic rings. The van der Waals surface area contributed by atoms with Crippen LogP contribution in [0.1, 0.15) is 18.9 Å². The Bertz CT molecular complexity index is 799. The normalized spacial score (nSPS) is 14.1. The molecule has 1 saturated heterocycles. The molecule has 142 valence electrons. The third-order valence-corrected chi connectivity index (χ3v) is 4.81. The third-order valence-electron chi connectivity index (χ3n) is 4.81. The van der Waals surface area contributed by atoms with Gasteiger partial charge in [0.15, 0.2) is 0 Å². The number of aryl methyl sites for hydroxylation is 1. The lowest BCUT2D eigenvalue weighted by Crippen LogP contribution is -2.49. The molecule has 6 heteroatoms. The van der Waals surface area contributed by atoms with Crippen LogP contribution in [-0.2, 0) is 16.0 Å². The molecule has 1 aliphatic heterocycles. The first-order valence-corrected chi connectivity index (χ1v) is 9.23. The number of carbonyl (C=O) groups is 2. The van der Waals surface area contributed by atoms with Crippen LogP contribution in [-0.4, -0.2) is 42.9 Å². The lowest BCUT2D eigenvalue weighted by Gasteiger charge is -2.36. The zero-order valence-electron chi connectivity index (χ0n) is 15.5. The highest BCUT2D eigenvalue weighted by atomic mass is 19.1. The molecule has 2 aromatic carbocycles. The first kappa shape index (κ1) is 18.9. The van der Waals surface area contributed by atoms with Crippen molar-refractivity contribution >= 4 is 23.2 Å². The maximum atomic E-state index is 13.0. The maximum Gasteiger partial charge on any atom is 0.233 e. The van der Waals surface area contributed by atoms with Crippen molar-refractivity contribution in [1.82, 2.24) is 4.90 Å². The van der Waals surface area contributed by atoms with Gasteiger partial charge in [0.2, 0.25) is 11.8 Å². The second kappa shape index (κ2) is 8.66. The highest BCUT2D eigenvalue weighted by molar-refractivity contribution is 6.03. The number of benzene rings is 2. The van der Waals surface area contributed by atoms with E-state index in [1.54, 1.807) is 17.0 Å². The van der Waals surface area contributed by atoms with Gasteiger partial charge in [-0.15, -0.1) is 0 Å². The van der Waals surface area contributed by atoms with Gasteiger partial charge in [0.05, 0.1) is 0 Å². The van der Waals surface area contributed by atoms with E-state index in [4.69, 9.17) is 0 Å². The summed E-state index contributed by atoms with van der Waals surface area (Å²) in [5.41, 5.74) is 2.75. The Hall–Kier alpha value is -2.89. The predicted molar refractivity (Wildman–Crippen MR) is 104 cm³/mol. The molecule has 1 N–H and O–H groups in total. The van der Waals surface area contributed by atoms with Crippen molar-refractivity contribution in [1.29, 1.82) is 0 Å². The van der Waals surface area contributed by atoms with Crippen LogP contribution in [0.15, 0.2) is 48.5 Å². The Morgan fingerprint density at radius 1 is 1.00 bits per heavy atom. The number of rotatable bonds is 5. The standard InChI is InChI=1S/C21H24FN3O2/c1-2-16-5-3-4-6-19(16)23-20(26)15-21(27)25-13-11-24(12-14-25)18-9-7-17(22)8-10-18/h3-10H,2,11-15H2,1H3,(H,23,26). The number of hydrogen-bond acceptors (Lipinski definition) is 3.